The Hall–Kier alpha value is -0.880. The molecule has 1 heterocycles. The van der Waals surface area contributed by atoms with E-state index in [0.29, 0.717) is 18.4 Å². The van der Waals surface area contributed by atoms with Crippen molar-refractivity contribution < 1.29 is 9.84 Å². The summed E-state index contributed by atoms with van der Waals surface area (Å²) in [6.07, 6.45) is 5.72. The smallest absolute Gasteiger partial charge is 0.232 e. The van der Waals surface area contributed by atoms with Crippen molar-refractivity contribution in [3.63, 3.8) is 0 Å². The van der Waals surface area contributed by atoms with Crippen LogP contribution in [0.3, 0.4) is 0 Å². The summed E-state index contributed by atoms with van der Waals surface area (Å²) in [6.45, 7) is 0.700. The first-order valence-electron chi connectivity index (χ1n) is 6.19. The second-order valence-electron chi connectivity index (χ2n) is 4.54. The summed E-state index contributed by atoms with van der Waals surface area (Å²) in [4.78, 5) is 8.39. The Morgan fingerprint density at radius 2 is 2.28 bits per heavy atom. The largest absolute Gasteiger partial charge is 0.480 e. The van der Waals surface area contributed by atoms with Crippen LogP contribution in [0.15, 0.2) is 10.7 Å². The highest BCUT2D eigenvalue weighted by Gasteiger charge is 2.22. The third-order valence-corrected chi connectivity index (χ3v) is 3.84. The average Bonchev–Trinajstić information content (AvgIpc) is 2.39. The molecule has 5 nitrogen and oxygen atoms in total. The van der Waals surface area contributed by atoms with Crippen LogP contribution in [-0.2, 0) is 0 Å². The minimum absolute atomic E-state index is 0.205. The van der Waals surface area contributed by atoms with Crippen LogP contribution in [0.5, 0.6) is 5.88 Å². The first-order valence-corrected chi connectivity index (χ1v) is 6.98. The third-order valence-electron chi connectivity index (χ3n) is 3.30. The lowest BCUT2D eigenvalue weighted by Crippen LogP contribution is -2.30. The highest BCUT2D eigenvalue weighted by Crippen LogP contribution is 2.25. The molecule has 0 spiro atoms. The molecule has 6 heteroatoms. The Kier molecular flexibility index (Phi) is 4.77. The van der Waals surface area contributed by atoms with Crippen LogP contribution in [-0.4, -0.2) is 34.8 Å². The molecule has 18 heavy (non-hydrogen) atoms. The summed E-state index contributed by atoms with van der Waals surface area (Å²) < 4.78 is 5.84. The molecule has 1 aromatic rings. The van der Waals surface area contributed by atoms with Crippen LogP contribution in [0.2, 0.25) is 0 Å². The fourth-order valence-corrected chi connectivity index (χ4v) is 2.58. The van der Waals surface area contributed by atoms with E-state index in [1.165, 1.54) is 6.42 Å². The number of rotatable bonds is 4. The molecule has 0 radical (unpaired) electrons. The number of nitrogens with zero attached hydrogens (tertiary/aromatic N) is 2. The lowest BCUT2D eigenvalue weighted by Gasteiger charge is -2.27. The van der Waals surface area contributed by atoms with Crippen LogP contribution >= 0.6 is 15.9 Å². The summed E-state index contributed by atoms with van der Waals surface area (Å²) in [5, 5.41) is 13.0. The number of nitrogens with one attached hydrogen (secondary N) is 1. The second-order valence-corrected chi connectivity index (χ2v) is 5.40. The molecule has 1 fully saturated rings. The Morgan fingerprint density at radius 1 is 1.50 bits per heavy atom. The number of aliphatic hydroxyl groups excluding tert-OH is 1. The first kappa shape index (κ1) is 13.5. The van der Waals surface area contributed by atoms with Crippen molar-refractivity contribution in [2.75, 3.05) is 19.0 Å². The monoisotopic (exact) mass is 315 g/mol. The highest BCUT2D eigenvalue weighted by atomic mass is 79.9. The van der Waals surface area contributed by atoms with E-state index in [1.54, 1.807) is 13.3 Å². The third kappa shape index (κ3) is 3.32. The molecule has 2 rings (SSSR count). The van der Waals surface area contributed by atoms with Crippen molar-refractivity contribution in [1.82, 2.24) is 9.97 Å². The maximum atomic E-state index is 9.88. The Labute approximate surface area is 115 Å². The van der Waals surface area contributed by atoms with Gasteiger partial charge in [0.05, 0.1) is 23.9 Å². The number of hydrogen-bond donors (Lipinski definition) is 2. The fraction of sp³-hybridized carbons (Fsp3) is 0.667. The zero-order valence-electron chi connectivity index (χ0n) is 10.4. The molecule has 2 atom stereocenters. The van der Waals surface area contributed by atoms with Gasteiger partial charge in [-0.3, -0.25) is 0 Å². The van der Waals surface area contributed by atoms with Crippen molar-refractivity contribution in [1.29, 1.82) is 0 Å². The van der Waals surface area contributed by atoms with Crippen LogP contribution in [0.4, 0.5) is 5.95 Å². The van der Waals surface area contributed by atoms with E-state index in [0.717, 1.165) is 23.7 Å². The van der Waals surface area contributed by atoms with Crippen molar-refractivity contribution in [2.45, 2.75) is 31.8 Å². The van der Waals surface area contributed by atoms with Gasteiger partial charge >= 0.3 is 0 Å². The van der Waals surface area contributed by atoms with Gasteiger partial charge in [0.2, 0.25) is 11.8 Å². The Balaban J connectivity index is 1.93. The molecule has 1 saturated carbocycles. The lowest BCUT2D eigenvalue weighted by molar-refractivity contribution is 0.0762. The number of methoxy groups -OCH3 is 1. The standard InChI is InChI=1S/C12H18BrN3O2/c1-18-11-9(13)7-15-12(16-11)14-6-8-4-2-3-5-10(8)17/h7-8,10,17H,2-6H2,1H3,(H,14,15,16). The summed E-state index contributed by atoms with van der Waals surface area (Å²) in [5.74, 6) is 1.33. The van der Waals surface area contributed by atoms with Gasteiger partial charge in [-0.1, -0.05) is 12.8 Å². The highest BCUT2D eigenvalue weighted by molar-refractivity contribution is 9.10. The van der Waals surface area contributed by atoms with Crippen molar-refractivity contribution in [3.8, 4) is 5.88 Å². The second kappa shape index (κ2) is 6.33. The Morgan fingerprint density at radius 3 is 3.00 bits per heavy atom. The van der Waals surface area contributed by atoms with Crippen molar-refractivity contribution in [3.05, 3.63) is 10.7 Å². The van der Waals surface area contributed by atoms with Gasteiger partial charge in [-0.25, -0.2) is 4.98 Å². The number of aromatic nitrogens is 2. The molecule has 100 valence electrons. The fourth-order valence-electron chi connectivity index (χ4n) is 2.23. The number of aliphatic hydroxyl groups is 1. The van der Waals surface area contributed by atoms with E-state index in [9.17, 15) is 5.11 Å². The predicted molar refractivity (Wildman–Crippen MR) is 72.7 cm³/mol. The number of ether oxygens (including phenoxy) is 1. The van der Waals surface area contributed by atoms with E-state index in [1.807, 2.05) is 0 Å². The zero-order chi connectivity index (χ0) is 13.0. The Bertz CT molecular complexity index is 403. The average molecular weight is 316 g/mol. The molecule has 2 unspecified atom stereocenters. The van der Waals surface area contributed by atoms with Crippen molar-refractivity contribution >= 4 is 21.9 Å². The zero-order valence-corrected chi connectivity index (χ0v) is 12.0. The molecular formula is C12H18BrN3O2. The van der Waals surface area contributed by atoms with Gasteiger partial charge in [-0.05, 0) is 28.8 Å². The maximum absolute atomic E-state index is 9.88. The number of anilines is 1. The normalized spacial score (nSPS) is 23.7. The lowest BCUT2D eigenvalue weighted by atomic mass is 9.86. The van der Waals surface area contributed by atoms with E-state index in [-0.39, 0.29) is 12.0 Å². The van der Waals surface area contributed by atoms with E-state index < -0.39 is 0 Å². The van der Waals surface area contributed by atoms with Gasteiger partial charge in [0.1, 0.15) is 0 Å². The van der Waals surface area contributed by atoms with Gasteiger partial charge in [-0.15, -0.1) is 0 Å². The topological polar surface area (TPSA) is 67.3 Å². The summed E-state index contributed by atoms with van der Waals surface area (Å²) in [6, 6.07) is 0. The summed E-state index contributed by atoms with van der Waals surface area (Å²) >= 11 is 3.31. The summed E-state index contributed by atoms with van der Waals surface area (Å²) in [7, 11) is 1.57. The van der Waals surface area contributed by atoms with Gasteiger partial charge < -0.3 is 15.2 Å². The SMILES string of the molecule is COc1nc(NCC2CCCCC2O)ncc1Br. The molecule has 1 aliphatic carbocycles. The van der Waals surface area contributed by atoms with Gasteiger partial charge in [0.25, 0.3) is 0 Å². The van der Waals surface area contributed by atoms with Gasteiger partial charge in [0.15, 0.2) is 0 Å². The minimum atomic E-state index is -0.205. The summed E-state index contributed by atoms with van der Waals surface area (Å²) in [5.41, 5.74) is 0. The molecule has 2 N–H and O–H groups in total. The number of hydrogen-bond acceptors (Lipinski definition) is 5. The molecule has 0 saturated heterocycles. The quantitative estimate of drug-likeness (QED) is 0.891. The van der Waals surface area contributed by atoms with Gasteiger partial charge in [-0.2, -0.15) is 4.98 Å². The van der Waals surface area contributed by atoms with E-state index >= 15 is 0 Å². The van der Waals surface area contributed by atoms with Crippen molar-refractivity contribution in [2.24, 2.45) is 5.92 Å². The van der Waals surface area contributed by atoms with E-state index in [4.69, 9.17) is 4.74 Å². The van der Waals surface area contributed by atoms with Gasteiger partial charge in [0, 0.05) is 12.5 Å². The molecule has 0 aliphatic heterocycles. The molecule has 1 aliphatic rings. The first-order chi connectivity index (χ1) is 8.70. The molecule has 0 bridgehead atoms. The molecule has 0 aromatic carbocycles. The molecular weight excluding hydrogens is 298 g/mol. The minimum Gasteiger partial charge on any atom is -0.480 e. The van der Waals surface area contributed by atoms with E-state index in [2.05, 4.69) is 31.2 Å². The van der Waals surface area contributed by atoms with Crippen LogP contribution in [0.1, 0.15) is 25.7 Å². The van der Waals surface area contributed by atoms with Crippen LogP contribution in [0.25, 0.3) is 0 Å². The molecule has 1 aromatic heterocycles. The van der Waals surface area contributed by atoms with Crippen LogP contribution < -0.4 is 10.1 Å². The van der Waals surface area contributed by atoms with Crippen LogP contribution in [0, 0.1) is 5.92 Å². The number of halogens is 1. The molecule has 0 amide bonds. The maximum Gasteiger partial charge on any atom is 0.232 e. The predicted octanol–water partition coefficient (Wildman–Crippen LogP) is 2.21.